The van der Waals surface area contributed by atoms with Gasteiger partial charge in [0.2, 0.25) is 0 Å². The van der Waals surface area contributed by atoms with Crippen LogP contribution >= 0.6 is 0 Å². The average Bonchev–Trinajstić information content (AvgIpc) is 2.64. The standard InChI is InChI=1S/C13H19N3O2/c1-13(2,8-14)16(4)9-5-6-11-10(7-9)15(3)12(17)18-11/h5-7H,8,14H2,1-4H3. The Bertz CT molecular complexity index is 625. The number of hydrogen-bond acceptors (Lipinski definition) is 4. The number of nitrogens with two attached hydrogens (primary N) is 1. The molecule has 0 saturated heterocycles. The van der Waals surface area contributed by atoms with Gasteiger partial charge in [0.1, 0.15) is 0 Å². The van der Waals surface area contributed by atoms with E-state index in [1.807, 2.05) is 25.2 Å². The third-order valence-electron chi connectivity index (χ3n) is 3.57. The van der Waals surface area contributed by atoms with Gasteiger partial charge in [0.15, 0.2) is 5.58 Å². The van der Waals surface area contributed by atoms with Crippen LogP contribution in [-0.4, -0.2) is 23.7 Å². The lowest BCUT2D eigenvalue weighted by Crippen LogP contribution is -2.47. The van der Waals surface area contributed by atoms with Crippen molar-refractivity contribution in [2.75, 3.05) is 18.5 Å². The van der Waals surface area contributed by atoms with Crippen molar-refractivity contribution in [3.05, 3.63) is 28.7 Å². The Morgan fingerprint density at radius 2 is 2.11 bits per heavy atom. The first-order chi connectivity index (χ1) is 8.36. The highest BCUT2D eigenvalue weighted by atomic mass is 16.4. The van der Waals surface area contributed by atoms with Gasteiger partial charge in [-0.25, -0.2) is 4.79 Å². The summed E-state index contributed by atoms with van der Waals surface area (Å²) in [5, 5.41) is 0. The van der Waals surface area contributed by atoms with Gasteiger partial charge in [0.25, 0.3) is 0 Å². The molecule has 5 nitrogen and oxygen atoms in total. The van der Waals surface area contributed by atoms with E-state index in [0.29, 0.717) is 12.1 Å². The number of likely N-dealkylation sites (N-methyl/N-ethyl adjacent to an activating group) is 1. The van der Waals surface area contributed by atoms with E-state index >= 15 is 0 Å². The molecule has 0 radical (unpaired) electrons. The summed E-state index contributed by atoms with van der Waals surface area (Å²) in [5.41, 5.74) is 8.03. The maximum absolute atomic E-state index is 11.4. The second kappa shape index (κ2) is 4.17. The maximum Gasteiger partial charge on any atom is 0.419 e. The summed E-state index contributed by atoms with van der Waals surface area (Å²) in [5.74, 6) is -0.345. The van der Waals surface area contributed by atoms with Crippen LogP contribution in [0.1, 0.15) is 13.8 Å². The normalized spacial score (nSPS) is 12.1. The summed E-state index contributed by atoms with van der Waals surface area (Å²) in [7, 11) is 3.69. The van der Waals surface area contributed by atoms with Gasteiger partial charge >= 0.3 is 5.76 Å². The van der Waals surface area contributed by atoms with E-state index in [4.69, 9.17) is 10.2 Å². The van der Waals surface area contributed by atoms with Gasteiger partial charge in [0.05, 0.1) is 5.52 Å². The van der Waals surface area contributed by atoms with Gasteiger partial charge in [-0.2, -0.15) is 0 Å². The second-order valence-corrected chi connectivity index (χ2v) is 5.15. The molecule has 18 heavy (non-hydrogen) atoms. The number of rotatable bonds is 3. The number of aryl methyl sites for hydroxylation is 1. The van der Waals surface area contributed by atoms with Crippen molar-refractivity contribution in [3.63, 3.8) is 0 Å². The quantitative estimate of drug-likeness (QED) is 0.890. The zero-order valence-electron chi connectivity index (χ0n) is 11.2. The summed E-state index contributed by atoms with van der Waals surface area (Å²) in [6.45, 7) is 4.70. The summed E-state index contributed by atoms with van der Waals surface area (Å²) in [6, 6.07) is 5.69. The fourth-order valence-electron chi connectivity index (χ4n) is 1.81. The largest absolute Gasteiger partial charge is 0.419 e. The van der Waals surface area contributed by atoms with Crippen molar-refractivity contribution >= 4 is 16.8 Å². The van der Waals surface area contributed by atoms with Gasteiger partial charge in [-0.05, 0) is 32.0 Å². The Morgan fingerprint density at radius 1 is 1.44 bits per heavy atom. The highest BCUT2D eigenvalue weighted by molar-refractivity contribution is 5.78. The van der Waals surface area contributed by atoms with Crippen molar-refractivity contribution in [1.82, 2.24) is 4.57 Å². The summed E-state index contributed by atoms with van der Waals surface area (Å²) < 4.78 is 6.61. The number of aromatic nitrogens is 1. The molecule has 1 heterocycles. The zero-order valence-corrected chi connectivity index (χ0v) is 11.2. The van der Waals surface area contributed by atoms with Gasteiger partial charge in [-0.3, -0.25) is 4.57 Å². The molecule has 0 fully saturated rings. The minimum absolute atomic E-state index is 0.143. The number of oxazole rings is 1. The molecule has 0 amide bonds. The Morgan fingerprint density at radius 3 is 2.72 bits per heavy atom. The molecule has 0 aliphatic rings. The molecule has 0 aliphatic carbocycles. The third kappa shape index (κ3) is 1.90. The highest BCUT2D eigenvalue weighted by Gasteiger charge is 2.22. The summed E-state index contributed by atoms with van der Waals surface area (Å²) >= 11 is 0. The average molecular weight is 249 g/mol. The Labute approximate surface area is 106 Å². The summed E-state index contributed by atoms with van der Waals surface area (Å²) in [4.78, 5) is 13.5. The molecule has 1 aromatic carbocycles. The molecule has 2 rings (SSSR count). The molecule has 0 unspecified atom stereocenters. The number of anilines is 1. The number of fused-ring (bicyclic) bond motifs is 1. The van der Waals surface area contributed by atoms with Crippen LogP contribution in [-0.2, 0) is 7.05 Å². The Balaban J connectivity index is 2.53. The third-order valence-corrected chi connectivity index (χ3v) is 3.57. The molecule has 5 heteroatoms. The monoisotopic (exact) mass is 249 g/mol. The van der Waals surface area contributed by atoms with E-state index in [-0.39, 0.29) is 11.3 Å². The molecule has 0 aliphatic heterocycles. The lowest BCUT2D eigenvalue weighted by Gasteiger charge is -2.36. The Hall–Kier alpha value is -1.75. The highest BCUT2D eigenvalue weighted by Crippen LogP contribution is 2.25. The smallest absolute Gasteiger partial charge is 0.408 e. The lowest BCUT2D eigenvalue weighted by atomic mass is 10.0. The number of benzene rings is 1. The molecule has 2 N–H and O–H groups in total. The second-order valence-electron chi connectivity index (χ2n) is 5.15. The van der Waals surface area contributed by atoms with Crippen molar-refractivity contribution in [2.45, 2.75) is 19.4 Å². The minimum Gasteiger partial charge on any atom is -0.408 e. The molecule has 0 atom stereocenters. The molecule has 98 valence electrons. The zero-order chi connectivity index (χ0) is 13.5. The van der Waals surface area contributed by atoms with Crippen molar-refractivity contribution in [3.8, 4) is 0 Å². The van der Waals surface area contributed by atoms with Gasteiger partial charge in [-0.1, -0.05) is 0 Å². The first-order valence-corrected chi connectivity index (χ1v) is 5.90. The molecule has 0 saturated carbocycles. The SMILES string of the molecule is CN(c1ccc2oc(=O)n(C)c2c1)C(C)(C)CN. The minimum atomic E-state index is -0.345. The van der Waals surface area contributed by atoms with Crippen molar-refractivity contribution in [1.29, 1.82) is 0 Å². The van der Waals surface area contributed by atoms with Crippen LogP contribution in [0.25, 0.3) is 11.1 Å². The predicted octanol–water partition coefficient (Wildman–Crippen LogP) is 1.30. The fraction of sp³-hybridized carbons (Fsp3) is 0.462. The van der Waals surface area contributed by atoms with Gasteiger partial charge < -0.3 is 15.1 Å². The maximum atomic E-state index is 11.4. The molecule has 1 aromatic heterocycles. The van der Waals surface area contributed by atoms with Crippen molar-refractivity contribution in [2.24, 2.45) is 12.8 Å². The van der Waals surface area contributed by atoms with Crippen LogP contribution in [0.5, 0.6) is 0 Å². The molecule has 0 spiro atoms. The first kappa shape index (κ1) is 12.7. The first-order valence-electron chi connectivity index (χ1n) is 5.90. The predicted molar refractivity (Wildman–Crippen MR) is 73.0 cm³/mol. The van der Waals surface area contributed by atoms with Crippen LogP contribution in [0.3, 0.4) is 0 Å². The Kier molecular flexibility index (Phi) is 2.94. The van der Waals surface area contributed by atoms with Crippen LogP contribution in [0.4, 0.5) is 5.69 Å². The van der Waals surface area contributed by atoms with Crippen LogP contribution < -0.4 is 16.4 Å². The van der Waals surface area contributed by atoms with Gasteiger partial charge in [0, 0.05) is 31.9 Å². The van der Waals surface area contributed by atoms with Crippen LogP contribution in [0, 0.1) is 0 Å². The molecule has 0 bridgehead atoms. The van der Waals surface area contributed by atoms with Crippen molar-refractivity contribution < 1.29 is 4.42 Å². The molecular weight excluding hydrogens is 230 g/mol. The van der Waals surface area contributed by atoms with Crippen LogP contribution in [0.15, 0.2) is 27.4 Å². The van der Waals surface area contributed by atoms with E-state index in [2.05, 4.69) is 18.7 Å². The number of hydrogen-bond donors (Lipinski definition) is 1. The molecular formula is C13H19N3O2. The van der Waals surface area contributed by atoms with E-state index in [9.17, 15) is 4.79 Å². The van der Waals surface area contributed by atoms with Gasteiger partial charge in [-0.15, -0.1) is 0 Å². The van der Waals surface area contributed by atoms with E-state index in [1.54, 1.807) is 7.05 Å². The molecule has 2 aromatic rings. The van der Waals surface area contributed by atoms with Crippen LogP contribution in [0.2, 0.25) is 0 Å². The summed E-state index contributed by atoms with van der Waals surface area (Å²) in [6.07, 6.45) is 0. The number of nitrogens with zero attached hydrogens (tertiary/aromatic N) is 2. The fourth-order valence-corrected chi connectivity index (χ4v) is 1.81. The van der Waals surface area contributed by atoms with E-state index < -0.39 is 0 Å². The van der Waals surface area contributed by atoms with E-state index in [0.717, 1.165) is 11.2 Å². The van der Waals surface area contributed by atoms with E-state index in [1.165, 1.54) is 4.57 Å². The lowest BCUT2D eigenvalue weighted by molar-refractivity contribution is 0.498. The topological polar surface area (TPSA) is 64.4 Å².